The van der Waals surface area contributed by atoms with Crippen LogP contribution in [0.4, 0.5) is 4.39 Å². The van der Waals surface area contributed by atoms with Crippen molar-refractivity contribution < 1.29 is 18.7 Å². The second-order valence-corrected chi connectivity index (χ2v) is 10.7. The number of aldehydes is 1. The molecule has 39 heavy (non-hydrogen) atoms. The minimum absolute atomic E-state index is 0.258. The van der Waals surface area contributed by atoms with E-state index >= 15 is 4.39 Å². The Morgan fingerprint density at radius 1 is 1.03 bits per heavy atom. The van der Waals surface area contributed by atoms with Crippen LogP contribution in [0.15, 0.2) is 60.7 Å². The predicted molar refractivity (Wildman–Crippen MR) is 152 cm³/mol. The Hall–Kier alpha value is -3.48. The third-order valence-electron chi connectivity index (χ3n) is 7.96. The second-order valence-electron chi connectivity index (χ2n) is 10.3. The zero-order valence-corrected chi connectivity index (χ0v) is 22.6. The summed E-state index contributed by atoms with van der Waals surface area (Å²) in [7, 11) is 1.62. The Morgan fingerprint density at radius 3 is 2.46 bits per heavy atom. The number of allylic oxidation sites excluding steroid dienone is 1. The molecule has 5 nitrogen and oxygen atoms in total. The summed E-state index contributed by atoms with van der Waals surface area (Å²) in [6.07, 6.45) is 6.66. The highest BCUT2D eigenvalue weighted by molar-refractivity contribution is 6.33. The average Bonchev–Trinajstić information content (AvgIpc) is 3.28. The maximum Gasteiger partial charge on any atom is 0.240 e. The van der Waals surface area contributed by atoms with Crippen LogP contribution >= 0.6 is 11.6 Å². The number of ether oxygens (including phenoxy) is 2. The number of hydrogen-bond donors (Lipinski definition) is 0. The highest BCUT2D eigenvalue weighted by Crippen LogP contribution is 2.47. The summed E-state index contributed by atoms with van der Waals surface area (Å²) in [5, 5.41) is 5.30. The largest absolute Gasteiger partial charge is 0.497 e. The predicted octanol–water partition coefficient (Wildman–Crippen LogP) is 8.11. The fourth-order valence-electron chi connectivity index (χ4n) is 5.70. The maximum atomic E-state index is 15.3. The van der Waals surface area contributed by atoms with Gasteiger partial charge in [0.25, 0.3) is 0 Å². The summed E-state index contributed by atoms with van der Waals surface area (Å²) in [4.78, 5) is 11.4. The van der Waals surface area contributed by atoms with Gasteiger partial charge in [0.2, 0.25) is 5.95 Å². The van der Waals surface area contributed by atoms with Gasteiger partial charge in [-0.3, -0.25) is 4.79 Å². The number of halogens is 2. The third kappa shape index (κ3) is 4.88. The average molecular weight is 545 g/mol. The van der Waals surface area contributed by atoms with Crippen LogP contribution in [0, 0.1) is 11.9 Å². The molecule has 0 bridgehead atoms. The molecule has 1 saturated heterocycles. The molecule has 1 aliphatic carbocycles. The zero-order chi connectivity index (χ0) is 26.9. The molecule has 4 aromatic rings. The molecule has 2 heterocycles. The Balaban J connectivity index is 1.58. The number of fused-ring (bicyclic) bond motifs is 1. The smallest absolute Gasteiger partial charge is 0.240 e. The van der Waals surface area contributed by atoms with Gasteiger partial charge >= 0.3 is 0 Å². The molecule has 0 radical (unpaired) electrons. The lowest BCUT2D eigenvalue weighted by atomic mass is 9.73. The number of benzene rings is 3. The zero-order valence-electron chi connectivity index (χ0n) is 21.8. The minimum atomic E-state index is -0.510. The van der Waals surface area contributed by atoms with Crippen molar-refractivity contribution in [3.63, 3.8) is 0 Å². The summed E-state index contributed by atoms with van der Waals surface area (Å²) >= 11 is 6.86. The fraction of sp³-hybridized carbons (Fsp3) is 0.312. The lowest BCUT2D eigenvalue weighted by molar-refractivity contribution is -0.0375. The standard InChI is InChI=1S/C32H30ClFN2O3/c1-38-24-13-14-25(27(33)18-24)31(21-5-4-6-21)30(22-10-8-20(19-37)9-11-22)23-12-15-28-26(17-23)32(34)35-36(28)29-7-2-3-16-39-29/h8-15,17-19,21,29H,2-7,16H2,1H3/b31-30-. The van der Waals surface area contributed by atoms with E-state index in [1.165, 1.54) is 0 Å². The highest BCUT2D eigenvalue weighted by atomic mass is 35.5. The lowest BCUT2D eigenvalue weighted by Gasteiger charge is -2.32. The van der Waals surface area contributed by atoms with Crippen LogP contribution in [0.3, 0.4) is 0 Å². The van der Waals surface area contributed by atoms with E-state index in [2.05, 4.69) is 5.10 Å². The molecule has 0 amide bonds. The molecule has 1 unspecified atom stereocenters. The minimum Gasteiger partial charge on any atom is -0.497 e. The van der Waals surface area contributed by atoms with Crippen LogP contribution in [0.5, 0.6) is 5.75 Å². The van der Waals surface area contributed by atoms with Crippen molar-refractivity contribution in [2.75, 3.05) is 13.7 Å². The molecule has 1 aromatic heterocycles. The van der Waals surface area contributed by atoms with Crippen molar-refractivity contribution in [1.82, 2.24) is 9.78 Å². The van der Waals surface area contributed by atoms with Gasteiger partial charge in [0, 0.05) is 12.2 Å². The monoisotopic (exact) mass is 544 g/mol. The molecule has 7 heteroatoms. The van der Waals surface area contributed by atoms with Crippen LogP contribution in [0.1, 0.15) is 71.8 Å². The van der Waals surface area contributed by atoms with Gasteiger partial charge in [-0.2, -0.15) is 4.39 Å². The maximum absolute atomic E-state index is 15.3. The van der Waals surface area contributed by atoms with E-state index in [0.29, 0.717) is 39.8 Å². The molecule has 2 aliphatic rings. The van der Waals surface area contributed by atoms with Gasteiger partial charge in [-0.1, -0.05) is 48.4 Å². The van der Waals surface area contributed by atoms with E-state index in [4.69, 9.17) is 21.1 Å². The van der Waals surface area contributed by atoms with Crippen LogP contribution in [0.2, 0.25) is 5.02 Å². The first-order chi connectivity index (χ1) is 19.1. The van der Waals surface area contributed by atoms with Crippen LogP contribution < -0.4 is 4.74 Å². The topological polar surface area (TPSA) is 53.3 Å². The molecule has 2 fully saturated rings. The molecule has 0 spiro atoms. The quantitative estimate of drug-likeness (QED) is 0.174. The molecule has 0 N–H and O–H groups in total. The van der Waals surface area contributed by atoms with Crippen molar-refractivity contribution in [2.24, 2.45) is 5.92 Å². The molecule has 6 rings (SSSR count). The van der Waals surface area contributed by atoms with E-state index in [9.17, 15) is 4.79 Å². The third-order valence-corrected chi connectivity index (χ3v) is 8.28. The highest BCUT2D eigenvalue weighted by Gasteiger charge is 2.29. The summed E-state index contributed by atoms with van der Waals surface area (Å²) in [6.45, 7) is 0.656. The Labute approximate surface area is 232 Å². The number of carbonyl (C=O) groups excluding carboxylic acids is 1. The van der Waals surface area contributed by atoms with E-state index < -0.39 is 5.95 Å². The first kappa shape index (κ1) is 25.8. The number of nitrogens with zero attached hydrogens (tertiary/aromatic N) is 2. The van der Waals surface area contributed by atoms with E-state index in [-0.39, 0.29) is 6.23 Å². The van der Waals surface area contributed by atoms with Gasteiger partial charge in [0.1, 0.15) is 12.0 Å². The van der Waals surface area contributed by atoms with Crippen molar-refractivity contribution in [2.45, 2.75) is 44.8 Å². The summed E-state index contributed by atoms with van der Waals surface area (Å²) in [6, 6.07) is 19.1. The molecule has 3 aromatic carbocycles. The summed E-state index contributed by atoms with van der Waals surface area (Å²) < 4.78 is 28.3. The molecule has 200 valence electrons. The van der Waals surface area contributed by atoms with E-state index in [1.54, 1.807) is 11.8 Å². The first-order valence-electron chi connectivity index (χ1n) is 13.5. The van der Waals surface area contributed by atoms with Crippen molar-refractivity contribution in [3.05, 3.63) is 93.9 Å². The van der Waals surface area contributed by atoms with Gasteiger partial charge in [-0.05, 0) is 96.2 Å². The summed E-state index contributed by atoms with van der Waals surface area (Å²) in [5.41, 5.74) is 6.16. The van der Waals surface area contributed by atoms with Gasteiger partial charge in [-0.25, -0.2) is 4.68 Å². The number of methoxy groups -OCH3 is 1. The van der Waals surface area contributed by atoms with E-state index in [1.807, 2.05) is 60.7 Å². The van der Waals surface area contributed by atoms with E-state index in [0.717, 1.165) is 72.6 Å². The number of hydrogen-bond acceptors (Lipinski definition) is 4. The van der Waals surface area contributed by atoms with Crippen LogP contribution in [-0.4, -0.2) is 29.8 Å². The Kier molecular flexibility index (Phi) is 7.24. The molecular formula is C32H30ClFN2O3. The fourth-order valence-corrected chi connectivity index (χ4v) is 5.97. The number of rotatable bonds is 7. The molecule has 1 aliphatic heterocycles. The van der Waals surface area contributed by atoms with Crippen LogP contribution in [-0.2, 0) is 4.74 Å². The molecule has 1 atom stereocenters. The normalized spacial score (nSPS) is 18.5. The Bertz CT molecular complexity index is 1550. The lowest BCUT2D eigenvalue weighted by Crippen LogP contribution is -2.19. The van der Waals surface area contributed by atoms with Crippen molar-refractivity contribution in [1.29, 1.82) is 0 Å². The van der Waals surface area contributed by atoms with Gasteiger partial charge in [-0.15, -0.1) is 5.10 Å². The summed E-state index contributed by atoms with van der Waals surface area (Å²) in [5.74, 6) is 0.481. The second kappa shape index (κ2) is 10.9. The first-order valence-corrected chi connectivity index (χ1v) is 13.9. The van der Waals surface area contributed by atoms with Crippen molar-refractivity contribution >= 4 is 39.9 Å². The van der Waals surface area contributed by atoms with Crippen LogP contribution in [0.25, 0.3) is 22.0 Å². The molecular weight excluding hydrogens is 515 g/mol. The number of carbonyl (C=O) groups is 1. The van der Waals surface area contributed by atoms with Crippen molar-refractivity contribution in [3.8, 4) is 5.75 Å². The SMILES string of the molecule is COc1ccc(/C(=C(/c2ccc(C=O)cc2)c2ccc3c(c2)c(F)nn3C2CCCCO2)C2CCC2)c(Cl)c1. The number of aromatic nitrogens is 2. The molecule has 1 saturated carbocycles. The Morgan fingerprint density at radius 2 is 1.82 bits per heavy atom. The van der Waals surface area contributed by atoms with Gasteiger partial charge in [0.15, 0.2) is 6.23 Å². The van der Waals surface area contributed by atoms with Gasteiger partial charge in [0.05, 0.1) is 23.0 Å². The van der Waals surface area contributed by atoms with Gasteiger partial charge < -0.3 is 9.47 Å².